The third-order valence-electron chi connectivity index (χ3n) is 2.59. The summed E-state index contributed by atoms with van der Waals surface area (Å²) in [7, 11) is 0. The molecule has 0 aliphatic heterocycles. The second-order valence-electron chi connectivity index (χ2n) is 4.04. The minimum Gasteiger partial charge on any atom is -0.384 e. The summed E-state index contributed by atoms with van der Waals surface area (Å²) in [6.45, 7) is 0.0564. The number of hydrogen-bond donors (Lipinski definition) is 2. The number of benzene rings is 1. The number of carbonyl (C=O) groups excluding carboxylic acids is 1. The van der Waals surface area contributed by atoms with Crippen molar-refractivity contribution < 1.29 is 14.3 Å². The molecular weight excluding hydrogens is 357 g/mol. The molecule has 0 saturated heterocycles. The lowest BCUT2D eigenvalue weighted by Gasteiger charge is -2.04. The van der Waals surface area contributed by atoms with Crippen molar-refractivity contribution in [3.05, 3.63) is 55.9 Å². The van der Waals surface area contributed by atoms with E-state index in [-0.39, 0.29) is 23.6 Å². The van der Waals surface area contributed by atoms with Gasteiger partial charge < -0.3 is 10.4 Å². The predicted octanol–water partition coefficient (Wildman–Crippen LogP) is 2.92. The first-order valence-electron chi connectivity index (χ1n) is 6.02. The minimum absolute atomic E-state index is 0.155. The third-order valence-corrected chi connectivity index (χ3v) is 4.21. The highest BCUT2D eigenvalue weighted by atomic mass is 79.9. The Morgan fingerprint density at radius 1 is 1.38 bits per heavy atom. The summed E-state index contributed by atoms with van der Waals surface area (Å²) in [6, 6.07) is 7.88. The van der Waals surface area contributed by atoms with E-state index in [2.05, 4.69) is 33.1 Å². The fourth-order valence-electron chi connectivity index (χ4n) is 1.61. The Labute approximate surface area is 133 Å². The Kier molecular flexibility index (Phi) is 5.51. The van der Waals surface area contributed by atoms with Crippen LogP contribution < -0.4 is 5.32 Å². The predicted molar refractivity (Wildman–Crippen MR) is 83.6 cm³/mol. The van der Waals surface area contributed by atoms with Gasteiger partial charge in [0, 0.05) is 10.4 Å². The van der Waals surface area contributed by atoms with E-state index in [0.29, 0.717) is 6.54 Å². The van der Waals surface area contributed by atoms with Crippen molar-refractivity contribution in [2.75, 3.05) is 6.61 Å². The second-order valence-corrected chi connectivity index (χ2v) is 6.59. The molecule has 1 aromatic heterocycles. The molecule has 0 aliphatic carbocycles. The van der Waals surface area contributed by atoms with E-state index in [1.165, 1.54) is 23.5 Å². The first-order chi connectivity index (χ1) is 10.1. The molecule has 0 saturated carbocycles. The number of halogens is 2. The summed E-state index contributed by atoms with van der Waals surface area (Å²) in [4.78, 5) is 12.9. The van der Waals surface area contributed by atoms with Gasteiger partial charge in [-0.05, 0) is 46.3 Å². The summed E-state index contributed by atoms with van der Waals surface area (Å²) < 4.78 is 14.7. The summed E-state index contributed by atoms with van der Waals surface area (Å²) in [5.74, 6) is 3.92. The molecule has 2 rings (SSSR count). The van der Waals surface area contributed by atoms with Crippen LogP contribution in [-0.2, 0) is 6.54 Å². The van der Waals surface area contributed by atoms with E-state index in [4.69, 9.17) is 5.11 Å². The van der Waals surface area contributed by atoms with Gasteiger partial charge in [0.1, 0.15) is 12.4 Å². The van der Waals surface area contributed by atoms with Crippen LogP contribution in [0.25, 0.3) is 0 Å². The third kappa shape index (κ3) is 4.39. The van der Waals surface area contributed by atoms with Crippen molar-refractivity contribution in [1.29, 1.82) is 0 Å². The number of thiophene rings is 1. The maximum absolute atomic E-state index is 13.7. The van der Waals surface area contributed by atoms with Crippen LogP contribution in [-0.4, -0.2) is 17.6 Å². The van der Waals surface area contributed by atoms with Crippen molar-refractivity contribution in [3.63, 3.8) is 0 Å². The molecule has 1 heterocycles. The van der Waals surface area contributed by atoms with E-state index in [0.717, 1.165) is 14.7 Å². The number of nitrogens with one attached hydrogen (secondary N) is 1. The second kappa shape index (κ2) is 7.36. The average Bonchev–Trinajstić information content (AvgIpc) is 2.89. The van der Waals surface area contributed by atoms with Crippen LogP contribution in [0.4, 0.5) is 4.39 Å². The van der Waals surface area contributed by atoms with Crippen LogP contribution >= 0.6 is 27.3 Å². The molecule has 3 nitrogen and oxygen atoms in total. The van der Waals surface area contributed by atoms with Crippen LogP contribution in [0.1, 0.15) is 20.8 Å². The van der Waals surface area contributed by atoms with Gasteiger partial charge in [-0.15, -0.1) is 11.3 Å². The average molecular weight is 368 g/mol. The SMILES string of the molecule is O=C(NCc1ccc(Br)s1)c1ccc(C#CCO)c(F)c1. The molecular formula is C15H11BrFNO2S. The van der Waals surface area contributed by atoms with E-state index in [1.807, 2.05) is 12.1 Å². The van der Waals surface area contributed by atoms with E-state index in [1.54, 1.807) is 0 Å². The zero-order valence-corrected chi connectivity index (χ0v) is 13.2. The van der Waals surface area contributed by atoms with E-state index < -0.39 is 5.82 Å². The lowest BCUT2D eigenvalue weighted by atomic mass is 10.1. The van der Waals surface area contributed by atoms with Crippen molar-refractivity contribution in [3.8, 4) is 11.8 Å². The summed E-state index contributed by atoms with van der Waals surface area (Å²) in [6.07, 6.45) is 0. The van der Waals surface area contributed by atoms with Crippen molar-refractivity contribution in [1.82, 2.24) is 5.32 Å². The molecule has 108 valence electrons. The van der Waals surface area contributed by atoms with Crippen LogP contribution in [0.2, 0.25) is 0 Å². The van der Waals surface area contributed by atoms with Gasteiger partial charge in [-0.2, -0.15) is 0 Å². The van der Waals surface area contributed by atoms with Gasteiger partial charge in [-0.25, -0.2) is 4.39 Å². The molecule has 6 heteroatoms. The van der Waals surface area contributed by atoms with Gasteiger partial charge in [-0.3, -0.25) is 4.79 Å². The van der Waals surface area contributed by atoms with Gasteiger partial charge in [0.25, 0.3) is 5.91 Å². The number of aliphatic hydroxyl groups is 1. The normalized spacial score (nSPS) is 9.86. The molecule has 0 bridgehead atoms. The highest BCUT2D eigenvalue weighted by Gasteiger charge is 2.09. The van der Waals surface area contributed by atoms with Crippen molar-refractivity contribution in [2.24, 2.45) is 0 Å². The largest absolute Gasteiger partial charge is 0.384 e. The number of rotatable bonds is 3. The van der Waals surface area contributed by atoms with Crippen LogP contribution in [0, 0.1) is 17.7 Å². The Morgan fingerprint density at radius 2 is 2.19 bits per heavy atom. The topological polar surface area (TPSA) is 49.3 Å². The fraction of sp³-hybridized carbons (Fsp3) is 0.133. The maximum Gasteiger partial charge on any atom is 0.251 e. The van der Waals surface area contributed by atoms with Gasteiger partial charge >= 0.3 is 0 Å². The number of amides is 1. The Balaban J connectivity index is 2.04. The molecule has 0 unspecified atom stereocenters. The first-order valence-corrected chi connectivity index (χ1v) is 7.63. The lowest BCUT2D eigenvalue weighted by Crippen LogP contribution is -2.22. The van der Waals surface area contributed by atoms with Crippen molar-refractivity contribution >= 4 is 33.2 Å². The molecule has 0 fully saturated rings. The van der Waals surface area contributed by atoms with Crippen LogP contribution in [0.15, 0.2) is 34.1 Å². The summed E-state index contributed by atoms with van der Waals surface area (Å²) in [5, 5.41) is 11.3. The smallest absolute Gasteiger partial charge is 0.251 e. The Bertz CT molecular complexity index is 718. The first kappa shape index (κ1) is 15.7. The summed E-state index contributed by atoms with van der Waals surface area (Å²) in [5.41, 5.74) is 0.389. The highest BCUT2D eigenvalue weighted by Crippen LogP contribution is 2.21. The molecule has 0 aliphatic rings. The van der Waals surface area contributed by atoms with Crippen LogP contribution in [0.5, 0.6) is 0 Å². The summed E-state index contributed by atoms with van der Waals surface area (Å²) >= 11 is 4.87. The zero-order chi connectivity index (χ0) is 15.2. The highest BCUT2D eigenvalue weighted by molar-refractivity contribution is 9.11. The van der Waals surface area contributed by atoms with E-state index >= 15 is 0 Å². The zero-order valence-electron chi connectivity index (χ0n) is 10.8. The molecule has 1 amide bonds. The molecule has 0 atom stereocenters. The number of hydrogen-bond acceptors (Lipinski definition) is 3. The molecule has 2 N–H and O–H groups in total. The van der Waals surface area contributed by atoms with Crippen LogP contribution in [0.3, 0.4) is 0 Å². The van der Waals surface area contributed by atoms with Gasteiger partial charge in [0.2, 0.25) is 0 Å². The molecule has 21 heavy (non-hydrogen) atoms. The standard InChI is InChI=1S/C15H11BrFNO2S/c16-14-6-5-12(21-14)9-18-15(20)11-4-3-10(2-1-7-19)13(17)8-11/h3-6,8,19H,7,9H2,(H,18,20). The Morgan fingerprint density at radius 3 is 2.81 bits per heavy atom. The molecule has 2 aromatic rings. The molecule has 0 radical (unpaired) electrons. The van der Waals surface area contributed by atoms with Crippen molar-refractivity contribution in [2.45, 2.75) is 6.54 Å². The lowest BCUT2D eigenvalue weighted by molar-refractivity contribution is 0.0951. The Hall–Kier alpha value is -1.68. The maximum atomic E-state index is 13.7. The van der Waals surface area contributed by atoms with Gasteiger partial charge in [-0.1, -0.05) is 11.8 Å². The molecule has 0 spiro atoms. The monoisotopic (exact) mass is 367 g/mol. The van der Waals surface area contributed by atoms with Gasteiger partial charge in [0.05, 0.1) is 15.9 Å². The quantitative estimate of drug-likeness (QED) is 0.819. The number of aliphatic hydroxyl groups excluding tert-OH is 1. The van der Waals surface area contributed by atoms with Gasteiger partial charge in [0.15, 0.2) is 0 Å². The van der Waals surface area contributed by atoms with E-state index in [9.17, 15) is 9.18 Å². The molecule has 1 aromatic carbocycles. The minimum atomic E-state index is -0.581. The number of carbonyl (C=O) groups is 1. The fourth-order valence-corrected chi connectivity index (χ4v) is 3.03.